The fourth-order valence-corrected chi connectivity index (χ4v) is 2.54. The van der Waals surface area contributed by atoms with E-state index in [1.165, 1.54) is 38.8 Å². The number of likely N-dealkylation sites (tertiary alicyclic amines) is 1. The molecule has 1 aromatic rings. The molecule has 0 amide bonds. The van der Waals surface area contributed by atoms with E-state index in [0.29, 0.717) is 6.54 Å². The molecule has 0 aliphatic carbocycles. The summed E-state index contributed by atoms with van der Waals surface area (Å²) in [4.78, 5) is 2.47. The number of rotatable bonds is 4. The second-order valence-corrected chi connectivity index (χ2v) is 4.97. The normalized spacial score (nSPS) is 22.6. The lowest BCUT2D eigenvalue weighted by Gasteiger charge is -2.17. The first-order valence-corrected chi connectivity index (χ1v) is 6.68. The van der Waals surface area contributed by atoms with Crippen LogP contribution in [-0.2, 0) is 13.1 Å². The standard InChI is InChI=1S/C13H23N3O/c1-2-11-4-3-6-16(7-5-11)10-13-8-12(9-14)15-17-13/h8,11H,2-7,9-10,14H2,1H3. The van der Waals surface area contributed by atoms with E-state index in [9.17, 15) is 0 Å². The lowest BCUT2D eigenvalue weighted by Crippen LogP contribution is -2.24. The van der Waals surface area contributed by atoms with Crippen molar-refractivity contribution >= 4 is 0 Å². The van der Waals surface area contributed by atoms with Crippen molar-refractivity contribution in [2.75, 3.05) is 13.1 Å². The van der Waals surface area contributed by atoms with E-state index in [4.69, 9.17) is 10.3 Å². The third kappa shape index (κ3) is 3.54. The van der Waals surface area contributed by atoms with Gasteiger partial charge in [-0.15, -0.1) is 0 Å². The maximum absolute atomic E-state index is 5.52. The summed E-state index contributed by atoms with van der Waals surface area (Å²) in [6.45, 7) is 5.99. The summed E-state index contributed by atoms with van der Waals surface area (Å²) in [5, 5.41) is 3.93. The fraction of sp³-hybridized carbons (Fsp3) is 0.769. The lowest BCUT2D eigenvalue weighted by atomic mass is 9.98. The van der Waals surface area contributed by atoms with Gasteiger partial charge < -0.3 is 10.3 Å². The van der Waals surface area contributed by atoms with Crippen molar-refractivity contribution < 1.29 is 4.52 Å². The summed E-state index contributed by atoms with van der Waals surface area (Å²) in [6, 6.07) is 1.97. The van der Waals surface area contributed by atoms with E-state index in [1.807, 2.05) is 6.07 Å². The Balaban J connectivity index is 1.86. The van der Waals surface area contributed by atoms with Gasteiger partial charge >= 0.3 is 0 Å². The SMILES string of the molecule is CCC1CCCN(Cc2cc(CN)no2)CC1. The minimum Gasteiger partial charge on any atom is -0.360 e. The van der Waals surface area contributed by atoms with Gasteiger partial charge in [0.1, 0.15) is 0 Å². The molecule has 0 bridgehead atoms. The van der Waals surface area contributed by atoms with Crippen molar-refractivity contribution in [3.8, 4) is 0 Å². The van der Waals surface area contributed by atoms with Crippen LogP contribution in [0.2, 0.25) is 0 Å². The maximum Gasteiger partial charge on any atom is 0.151 e. The van der Waals surface area contributed by atoms with Crippen molar-refractivity contribution in [2.45, 2.75) is 45.7 Å². The zero-order chi connectivity index (χ0) is 12.1. The monoisotopic (exact) mass is 237 g/mol. The van der Waals surface area contributed by atoms with Crippen molar-refractivity contribution in [1.82, 2.24) is 10.1 Å². The average Bonchev–Trinajstić information content (AvgIpc) is 2.68. The van der Waals surface area contributed by atoms with E-state index in [-0.39, 0.29) is 0 Å². The third-order valence-electron chi connectivity index (χ3n) is 3.71. The highest BCUT2D eigenvalue weighted by molar-refractivity contribution is 5.04. The largest absolute Gasteiger partial charge is 0.360 e. The highest BCUT2D eigenvalue weighted by atomic mass is 16.5. The van der Waals surface area contributed by atoms with Crippen molar-refractivity contribution in [3.63, 3.8) is 0 Å². The molecular formula is C13H23N3O. The zero-order valence-electron chi connectivity index (χ0n) is 10.7. The number of hydrogen-bond acceptors (Lipinski definition) is 4. The molecule has 2 rings (SSSR count). The lowest BCUT2D eigenvalue weighted by molar-refractivity contribution is 0.235. The van der Waals surface area contributed by atoms with Crippen LogP contribution in [-0.4, -0.2) is 23.1 Å². The van der Waals surface area contributed by atoms with Crippen LogP contribution in [0.3, 0.4) is 0 Å². The van der Waals surface area contributed by atoms with Gasteiger partial charge in [-0.1, -0.05) is 18.5 Å². The Morgan fingerprint density at radius 1 is 1.47 bits per heavy atom. The van der Waals surface area contributed by atoms with Gasteiger partial charge in [-0.3, -0.25) is 4.90 Å². The van der Waals surface area contributed by atoms with Gasteiger partial charge in [-0.25, -0.2) is 0 Å². The molecule has 17 heavy (non-hydrogen) atoms. The highest BCUT2D eigenvalue weighted by Gasteiger charge is 2.17. The highest BCUT2D eigenvalue weighted by Crippen LogP contribution is 2.21. The Morgan fingerprint density at radius 3 is 3.06 bits per heavy atom. The molecule has 0 saturated carbocycles. The molecule has 1 atom stereocenters. The van der Waals surface area contributed by atoms with E-state index >= 15 is 0 Å². The molecule has 0 spiro atoms. The number of nitrogens with zero attached hydrogens (tertiary/aromatic N) is 2. The molecule has 1 aliphatic heterocycles. The first kappa shape index (κ1) is 12.6. The second kappa shape index (κ2) is 6.17. The van der Waals surface area contributed by atoms with Gasteiger partial charge in [0.25, 0.3) is 0 Å². The summed E-state index contributed by atoms with van der Waals surface area (Å²) in [6.07, 6.45) is 5.30. The minimum atomic E-state index is 0.460. The third-order valence-corrected chi connectivity index (χ3v) is 3.71. The minimum absolute atomic E-state index is 0.460. The summed E-state index contributed by atoms with van der Waals surface area (Å²) in [7, 11) is 0. The molecule has 1 unspecified atom stereocenters. The van der Waals surface area contributed by atoms with Crippen molar-refractivity contribution in [1.29, 1.82) is 0 Å². The molecule has 96 valence electrons. The average molecular weight is 237 g/mol. The van der Waals surface area contributed by atoms with E-state index < -0.39 is 0 Å². The van der Waals surface area contributed by atoms with Crippen LogP contribution in [0.15, 0.2) is 10.6 Å². The van der Waals surface area contributed by atoms with Crippen molar-refractivity contribution in [2.24, 2.45) is 11.7 Å². The van der Waals surface area contributed by atoms with Gasteiger partial charge in [0.15, 0.2) is 5.76 Å². The fourth-order valence-electron chi connectivity index (χ4n) is 2.54. The predicted molar refractivity (Wildman–Crippen MR) is 67.3 cm³/mol. The molecule has 1 aliphatic rings. The van der Waals surface area contributed by atoms with E-state index in [1.54, 1.807) is 0 Å². The zero-order valence-corrected chi connectivity index (χ0v) is 10.7. The van der Waals surface area contributed by atoms with Crippen LogP contribution in [0.5, 0.6) is 0 Å². The molecule has 1 aromatic heterocycles. The van der Waals surface area contributed by atoms with Gasteiger partial charge in [-0.2, -0.15) is 0 Å². The Labute approximate surface area is 103 Å². The Kier molecular flexibility index (Phi) is 4.57. The summed E-state index contributed by atoms with van der Waals surface area (Å²) in [5.41, 5.74) is 6.37. The second-order valence-electron chi connectivity index (χ2n) is 4.97. The maximum atomic E-state index is 5.52. The van der Waals surface area contributed by atoms with Crippen LogP contribution < -0.4 is 5.73 Å². The van der Waals surface area contributed by atoms with E-state index in [2.05, 4.69) is 17.0 Å². The van der Waals surface area contributed by atoms with Gasteiger partial charge in [0.2, 0.25) is 0 Å². The first-order valence-electron chi connectivity index (χ1n) is 6.68. The molecule has 2 heterocycles. The molecule has 4 heteroatoms. The van der Waals surface area contributed by atoms with Crippen LogP contribution >= 0.6 is 0 Å². The van der Waals surface area contributed by atoms with Crippen LogP contribution in [0, 0.1) is 5.92 Å². The summed E-state index contributed by atoms with van der Waals surface area (Å²) >= 11 is 0. The van der Waals surface area contributed by atoms with E-state index in [0.717, 1.165) is 23.9 Å². The molecule has 4 nitrogen and oxygen atoms in total. The number of aromatic nitrogens is 1. The van der Waals surface area contributed by atoms with Gasteiger partial charge in [-0.05, 0) is 38.3 Å². The molecule has 0 aromatic carbocycles. The van der Waals surface area contributed by atoms with Crippen LogP contribution in [0.4, 0.5) is 0 Å². The summed E-state index contributed by atoms with van der Waals surface area (Å²) < 4.78 is 5.28. The van der Waals surface area contributed by atoms with Gasteiger partial charge in [0, 0.05) is 12.6 Å². The Bertz CT molecular complexity index is 337. The quantitative estimate of drug-likeness (QED) is 0.871. The summed E-state index contributed by atoms with van der Waals surface area (Å²) in [5.74, 6) is 1.86. The Hall–Kier alpha value is -0.870. The first-order chi connectivity index (χ1) is 8.31. The molecule has 2 N–H and O–H groups in total. The molecule has 1 fully saturated rings. The molecule has 1 saturated heterocycles. The topological polar surface area (TPSA) is 55.3 Å². The predicted octanol–water partition coefficient (Wildman–Crippen LogP) is 2.15. The Morgan fingerprint density at radius 2 is 2.35 bits per heavy atom. The molecular weight excluding hydrogens is 214 g/mol. The van der Waals surface area contributed by atoms with Crippen molar-refractivity contribution in [3.05, 3.63) is 17.5 Å². The molecule has 0 radical (unpaired) electrons. The van der Waals surface area contributed by atoms with Gasteiger partial charge in [0.05, 0.1) is 12.2 Å². The van der Waals surface area contributed by atoms with Crippen LogP contribution in [0.25, 0.3) is 0 Å². The van der Waals surface area contributed by atoms with Crippen LogP contribution in [0.1, 0.15) is 44.1 Å². The number of hydrogen-bond donors (Lipinski definition) is 1. The number of nitrogens with two attached hydrogens (primary N) is 1. The smallest absolute Gasteiger partial charge is 0.151 e.